The zero-order valence-electron chi connectivity index (χ0n) is 13.7. The van der Waals surface area contributed by atoms with Gasteiger partial charge in [-0.05, 0) is 30.3 Å². The number of aromatic nitrogens is 3. The van der Waals surface area contributed by atoms with Gasteiger partial charge in [-0.25, -0.2) is 17.8 Å². The summed E-state index contributed by atoms with van der Waals surface area (Å²) in [5.74, 6) is 0.171. The van der Waals surface area contributed by atoms with E-state index in [1.54, 1.807) is 24.3 Å². The summed E-state index contributed by atoms with van der Waals surface area (Å²) < 4.78 is 33.5. The van der Waals surface area contributed by atoms with Crippen LogP contribution in [0.1, 0.15) is 0 Å². The van der Waals surface area contributed by atoms with Crippen molar-refractivity contribution in [1.82, 2.24) is 19.7 Å². The third kappa shape index (κ3) is 3.69. The predicted molar refractivity (Wildman–Crippen MR) is 97.0 cm³/mol. The minimum absolute atomic E-state index is 0.0266. The smallest absolute Gasteiger partial charge is 0.277 e. The number of sulfonamides is 1. The fourth-order valence-corrected chi connectivity index (χ4v) is 3.84. The number of halogens is 1. The number of hydrogen-bond donors (Lipinski definition) is 1. The molecule has 1 N–H and O–H groups in total. The second-order valence-electron chi connectivity index (χ2n) is 5.33. The first-order valence-corrected chi connectivity index (χ1v) is 9.44. The van der Waals surface area contributed by atoms with Crippen molar-refractivity contribution in [3.8, 4) is 5.75 Å². The molecule has 10 heteroatoms. The monoisotopic (exact) mass is 394 g/mol. The van der Waals surface area contributed by atoms with Gasteiger partial charge in [0.25, 0.3) is 5.56 Å². The van der Waals surface area contributed by atoms with Crippen molar-refractivity contribution < 1.29 is 13.2 Å². The Kier molecular flexibility index (Phi) is 5.21. The Morgan fingerprint density at radius 3 is 2.77 bits per heavy atom. The number of benzene rings is 2. The van der Waals surface area contributed by atoms with Gasteiger partial charge in [0.05, 0.1) is 19.0 Å². The Hall–Kier alpha value is -2.49. The molecule has 0 saturated carbocycles. The largest absolute Gasteiger partial charge is 0.495 e. The van der Waals surface area contributed by atoms with Gasteiger partial charge in [-0.15, -0.1) is 5.10 Å². The van der Waals surface area contributed by atoms with Crippen LogP contribution in [0, 0.1) is 0 Å². The first kappa shape index (κ1) is 18.3. The number of fused-ring (bicyclic) bond motifs is 1. The summed E-state index contributed by atoms with van der Waals surface area (Å²) in [5, 5.41) is 8.46. The molecular weight excluding hydrogens is 380 g/mol. The Morgan fingerprint density at radius 2 is 2.00 bits per heavy atom. The average molecular weight is 395 g/mol. The van der Waals surface area contributed by atoms with Crippen LogP contribution in [0.15, 0.2) is 52.2 Å². The van der Waals surface area contributed by atoms with E-state index in [2.05, 4.69) is 15.0 Å². The predicted octanol–water partition coefficient (Wildman–Crippen LogP) is 1.43. The second kappa shape index (κ2) is 7.40. The molecule has 0 aliphatic rings. The molecule has 136 valence electrons. The molecule has 0 fully saturated rings. The highest BCUT2D eigenvalue weighted by atomic mass is 35.5. The number of methoxy groups -OCH3 is 1. The van der Waals surface area contributed by atoms with E-state index in [1.807, 2.05) is 0 Å². The SMILES string of the molecule is COc1ccc(Cl)cc1S(=O)(=O)NCCn1nnc2ccccc2c1=O. The minimum atomic E-state index is -3.87. The molecule has 0 unspecified atom stereocenters. The van der Waals surface area contributed by atoms with Crippen molar-refractivity contribution in [2.75, 3.05) is 13.7 Å². The summed E-state index contributed by atoms with van der Waals surface area (Å²) >= 11 is 5.87. The zero-order chi connectivity index (χ0) is 18.7. The van der Waals surface area contributed by atoms with E-state index < -0.39 is 10.0 Å². The molecular formula is C16H15ClN4O4S. The van der Waals surface area contributed by atoms with Crippen LogP contribution in [-0.4, -0.2) is 37.1 Å². The molecule has 1 aromatic heterocycles. The highest BCUT2D eigenvalue weighted by Crippen LogP contribution is 2.26. The molecule has 3 aromatic rings. The third-order valence-electron chi connectivity index (χ3n) is 3.66. The van der Waals surface area contributed by atoms with E-state index in [0.29, 0.717) is 10.9 Å². The third-order valence-corrected chi connectivity index (χ3v) is 5.38. The van der Waals surface area contributed by atoms with Crippen LogP contribution in [0.4, 0.5) is 0 Å². The topological polar surface area (TPSA) is 103 Å². The average Bonchev–Trinajstić information content (AvgIpc) is 2.64. The number of rotatable bonds is 6. The van der Waals surface area contributed by atoms with Crippen LogP contribution in [0.5, 0.6) is 5.75 Å². The Bertz CT molecular complexity index is 1110. The molecule has 0 aliphatic heterocycles. The van der Waals surface area contributed by atoms with E-state index in [1.165, 1.54) is 25.3 Å². The highest BCUT2D eigenvalue weighted by molar-refractivity contribution is 7.89. The number of ether oxygens (including phenoxy) is 1. The normalized spacial score (nSPS) is 11.6. The Morgan fingerprint density at radius 1 is 1.23 bits per heavy atom. The lowest BCUT2D eigenvalue weighted by molar-refractivity contribution is 0.402. The van der Waals surface area contributed by atoms with Gasteiger partial charge in [0.2, 0.25) is 10.0 Å². The molecule has 0 radical (unpaired) electrons. The molecule has 26 heavy (non-hydrogen) atoms. The van der Waals surface area contributed by atoms with Crippen molar-refractivity contribution in [2.45, 2.75) is 11.4 Å². The van der Waals surface area contributed by atoms with Crippen molar-refractivity contribution in [1.29, 1.82) is 0 Å². The van der Waals surface area contributed by atoms with Crippen LogP contribution in [0.25, 0.3) is 10.9 Å². The standard InChI is InChI=1S/C16H15ClN4O4S/c1-25-14-7-6-11(17)10-15(14)26(23,24)18-8-9-21-16(22)12-4-2-3-5-13(12)19-20-21/h2-7,10,18H,8-9H2,1H3. The van der Waals surface area contributed by atoms with Crippen LogP contribution >= 0.6 is 11.6 Å². The highest BCUT2D eigenvalue weighted by Gasteiger charge is 2.19. The maximum absolute atomic E-state index is 12.5. The van der Waals surface area contributed by atoms with Crippen molar-refractivity contribution in [2.24, 2.45) is 0 Å². The maximum atomic E-state index is 12.5. The minimum Gasteiger partial charge on any atom is -0.495 e. The van der Waals surface area contributed by atoms with Gasteiger partial charge in [0, 0.05) is 11.6 Å². The quantitative estimate of drug-likeness (QED) is 0.678. The van der Waals surface area contributed by atoms with Gasteiger partial charge in [0.1, 0.15) is 16.2 Å². The van der Waals surface area contributed by atoms with Gasteiger partial charge in [-0.3, -0.25) is 4.79 Å². The first-order valence-electron chi connectivity index (χ1n) is 7.58. The summed E-state index contributed by atoms with van der Waals surface area (Å²) in [6.45, 7) is -0.0241. The van der Waals surface area contributed by atoms with Gasteiger partial charge >= 0.3 is 0 Å². The fourth-order valence-electron chi connectivity index (χ4n) is 2.39. The van der Waals surface area contributed by atoms with Crippen LogP contribution in [0.2, 0.25) is 5.02 Å². The van der Waals surface area contributed by atoms with Gasteiger partial charge in [-0.2, -0.15) is 0 Å². The number of nitrogens with zero attached hydrogens (tertiary/aromatic N) is 3. The van der Waals surface area contributed by atoms with Crippen molar-refractivity contribution >= 4 is 32.5 Å². The van der Waals surface area contributed by atoms with Crippen molar-refractivity contribution in [3.63, 3.8) is 0 Å². The molecule has 0 atom stereocenters. The van der Waals surface area contributed by atoms with Gasteiger partial charge < -0.3 is 4.74 Å². The second-order valence-corrected chi connectivity index (χ2v) is 7.50. The van der Waals surface area contributed by atoms with E-state index >= 15 is 0 Å². The Balaban J connectivity index is 1.79. The molecule has 0 aliphatic carbocycles. The first-order chi connectivity index (χ1) is 12.4. The molecule has 0 spiro atoms. The molecule has 8 nitrogen and oxygen atoms in total. The number of nitrogens with one attached hydrogen (secondary N) is 1. The fraction of sp³-hybridized carbons (Fsp3) is 0.188. The summed E-state index contributed by atoms with van der Waals surface area (Å²) in [6, 6.07) is 11.1. The van der Waals surface area contributed by atoms with E-state index in [4.69, 9.17) is 16.3 Å². The molecule has 2 aromatic carbocycles. The maximum Gasteiger partial charge on any atom is 0.277 e. The van der Waals surface area contributed by atoms with Crippen LogP contribution in [-0.2, 0) is 16.6 Å². The molecule has 0 amide bonds. The Labute approximate surface area is 154 Å². The summed E-state index contributed by atoms with van der Waals surface area (Å²) in [5.41, 5.74) is 0.146. The summed E-state index contributed by atoms with van der Waals surface area (Å²) in [7, 11) is -2.51. The van der Waals surface area contributed by atoms with Crippen LogP contribution < -0.4 is 15.0 Å². The molecule has 1 heterocycles. The lowest BCUT2D eigenvalue weighted by Crippen LogP contribution is -2.32. The summed E-state index contributed by atoms with van der Waals surface area (Å²) in [4.78, 5) is 12.3. The van der Waals surface area contributed by atoms with Crippen molar-refractivity contribution in [3.05, 3.63) is 57.8 Å². The molecule has 3 rings (SSSR count). The van der Waals surface area contributed by atoms with Gasteiger partial charge in [-0.1, -0.05) is 28.9 Å². The lowest BCUT2D eigenvalue weighted by atomic mass is 10.2. The van der Waals surface area contributed by atoms with E-state index in [-0.39, 0.29) is 34.3 Å². The van der Waals surface area contributed by atoms with E-state index in [0.717, 1.165) is 4.68 Å². The zero-order valence-corrected chi connectivity index (χ0v) is 15.3. The molecule has 0 bridgehead atoms. The van der Waals surface area contributed by atoms with E-state index in [9.17, 15) is 13.2 Å². The van der Waals surface area contributed by atoms with Crippen LogP contribution in [0.3, 0.4) is 0 Å². The summed E-state index contributed by atoms with van der Waals surface area (Å²) in [6.07, 6.45) is 0. The number of hydrogen-bond acceptors (Lipinski definition) is 6. The molecule has 0 saturated heterocycles. The van der Waals surface area contributed by atoms with Gasteiger partial charge in [0.15, 0.2) is 0 Å². The lowest BCUT2D eigenvalue weighted by Gasteiger charge is -2.11.